The summed E-state index contributed by atoms with van der Waals surface area (Å²) < 4.78 is 28.8. The van der Waals surface area contributed by atoms with Crippen LogP contribution in [-0.4, -0.2) is 0 Å². The SMILES string of the molecule is CC(C)c1ccc(-c2c(-c3ccccc3)cc3c4c2OP(=O)(O3)O4)cc1. The lowest BCUT2D eigenvalue weighted by atomic mass is 9.91. The van der Waals surface area contributed by atoms with E-state index in [0.717, 1.165) is 22.3 Å². The molecule has 2 aliphatic heterocycles. The first-order valence-corrected chi connectivity index (χ1v) is 10.1. The highest BCUT2D eigenvalue weighted by atomic mass is 31.2. The van der Waals surface area contributed by atoms with Crippen LogP contribution in [0.1, 0.15) is 25.3 Å². The summed E-state index contributed by atoms with van der Waals surface area (Å²) in [7, 11) is -3.53. The van der Waals surface area contributed by atoms with Crippen molar-refractivity contribution in [1.29, 1.82) is 0 Å². The van der Waals surface area contributed by atoms with Gasteiger partial charge in [-0.15, -0.1) is 0 Å². The van der Waals surface area contributed by atoms with E-state index in [2.05, 4.69) is 38.1 Å². The summed E-state index contributed by atoms with van der Waals surface area (Å²) in [6.07, 6.45) is 0. The summed E-state index contributed by atoms with van der Waals surface area (Å²) in [6, 6.07) is 20.3. The van der Waals surface area contributed by atoms with Crippen LogP contribution in [0.3, 0.4) is 0 Å². The van der Waals surface area contributed by atoms with Crippen LogP contribution in [-0.2, 0) is 4.57 Å². The van der Waals surface area contributed by atoms with Crippen molar-refractivity contribution in [3.8, 4) is 39.5 Å². The fraction of sp³-hybridized carbons (Fsp3) is 0.143. The molecule has 2 heterocycles. The molecule has 5 heteroatoms. The van der Waals surface area contributed by atoms with E-state index < -0.39 is 7.82 Å². The third kappa shape index (κ3) is 2.26. The fourth-order valence-corrected chi connectivity index (χ4v) is 4.71. The summed E-state index contributed by atoms with van der Waals surface area (Å²) in [5, 5.41) is 0. The first-order chi connectivity index (χ1) is 12.5. The van der Waals surface area contributed by atoms with Crippen molar-refractivity contribution in [2.75, 3.05) is 0 Å². The molecule has 0 radical (unpaired) electrons. The first-order valence-electron chi connectivity index (χ1n) is 8.60. The predicted octanol–water partition coefficient (Wildman–Crippen LogP) is 6.42. The molecule has 3 aromatic carbocycles. The number of hydrogen-bond donors (Lipinski definition) is 0. The minimum atomic E-state index is -3.53. The number of phosphoric acid groups is 1. The molecule has 1 unspecified atom stereocenters. The van der Waals surface area contributed by atoms with Crippen LogP contribution in [0.2, 0.25) is 0 Å². The second-order valence-electron chi connectivity index (χ2n) is 6.82. The zero-order valence-electron chi connectivity index (χ0n) is 14.4. The van der Waals surface area contributed by atoms with Crippen molar-refractivity contribution < 1.29 is 18.1 Å². The van der Waals surface area contributed by atoms with Gasteiger partial charge >= 0.3 is 7.82 Å². The van der Waals surface area contributed by atoms with Gasteiger partial charge in [-0.05, 0) is 34.2 Å². The van der Waals surface area contributed by atoms with Gasteiger partial charge in [-0.25, -0.2) is 0 Å². The second-order valence-corrected chi connectivity index (χ2v) is 8.26. The van der Waals surface area contributed by atoms with Crippen LogP contribution >= 0.6 is 7.82 Å². The van der Waals surface area contributed by atoms with Gasteiger partial charge in [-0.2, -0.15) is 4.57 Å². The van der Waals surface area contributed by atoms with Gasteiger partial charge in [0.25, 0.3) is 0 Å². The first kappa shape index (κ1) is 15.5. The molecular weight excluding hydrogens is 347 g/mol. The molecule has 0 amide bonds. The molecule has 2 aliphatic rings. The van der Waals surface area contributed by atoms with Gasteiger partial charge in [-0.3, -0.25) is 0 Å². The highest BCUT2D eigenvalue weighted by Gasteiger charge is 2.51. The van der Waals surface area contributed by atoms with Gasteiger partial charge in [-0.1, -0.05) is 68.4 Å². The Morgan fingerprint density at radius 3 is 2.15 bits per heavy atom. The molecule has 3 aromatic rings. The van der Waals surface area contributed by atoms with Crippen LogP contribution in [0.15, 0.2) is 60.7 Å². The van der Waals surface area contributed by atoms with E-state index in [-0.39, 0.29) is 0 Å². The Hall–Kier alpha value is -2.71. The topological polar surface area (TPSA) is 44.8 Å². The highest BCUT2D eigenvalue weighted by molar-refractivity contribution is 7.50. The Kier molecular flexibility index (Phi) is 3.22. The zero-order valence-corrected chi connectivity index (χ0v) is 15.3. The number of phosphoric ester groups is 1. The summed E-state index contributed by atoms with van der Waals surface area (Å²) in [5.41, 5.74) is 5.14. The monoisotopic (exact) mass is 364 g/mol. The second kappa shape index (κ2) is 5.39. The maximum absolute atomic E-state index is 12.4. The number of hydrogen-bond acceptors (Lipinski definition) is 4. The van der Waals surface area contributed by atoms with Crippen molar-refractivity contribution in [1.82, 2.24) is 0 Å². The van der Waals surface area contributed by atoms with Gasteiger partial charge in [0.15, 0.2) is 11.5 Å². The number of benzene rings is 3. The maximum Gasteiger partial charge on any atom is 0.647 e. The van der Waals surface area contributed by atoms with Crippen molar-refractivity contribution in [2.45, 2.75) is 19.8 Å². The molecule has 0 N–H and O–H groups in total. The maximum atomic E-state index is 12.4. The average molecular weight is 364 g/mol. The van der Waals surface area contributed by atoms with Crippen LogP contribution in [0.25, 0.3) is 22.3 Å². The quantitative estimate of drug-likeness (QED) is 0.503. The van der Waals surface area contributed by atoms with E-state index in [1.54, 1.807) is 0 Å². The van der Waals surface area contributed by atoms with Crippen LogP contribution < -0.4 is 13.6 Å². The molecular formula is C21H17O4P. The summed E-state index contributed by atoms with van der Waals surface area (Å²) >= 11 is 0. The van der Waals surface area contributed by atoms with Crippen molar-refractivity contribution in [3.63, 3.8) is 0 Å². The van der Waals surface area contributed by atoms with Gasteiger partial charge in [0, 0.05) is 5.56 Å². The number of fused-ring (bicyclic) bond motifs is 1. The highest BCUT2D eigenvalue weighted by Crippen LogP contribution is 2.71. The van der Waals surface area contributed by atoms with Crippen molar-refractivity contribution >= 4 is 7.82 Å². The minimum Gasteiger partial charge on any atom is -0.382 e. The van der Waals surface area contributed by atoms with E-state index in [1.807, 2.05) is 36.4 Å². The van der Waals surface area contributed by atoms with Crippen molar-refractivity contribution in [2.24, 2.45) is 0 Å². The molecule has 26 heavy (non-hydrogen) atoms. The average Bonchev–Trinajstić information content (AvgIpc) is 3.16. The van der Waals surface area contributed by atoms with Crippen molar-refractivity contribution in [3.05, 3.63) is 66.2 Å². The largest absolute Gasteiger partial charge is 0.647 e. The van der Waals surface area contributed by atoms with E-state index in [0.29, 0.717) is 23.2 Å². The van der Waals surface area contributed by atoms with Gasteiger partial charge in [0.1, 0.15) is 0 Å². The van der Waals surface area contributed by atoms with E-state index in [1.165, 1.54) is 5.56 Å². The molecule has 0 saturated carbocycles. The molecule has 0 aliphatic carbocycles. The molecule has 2 bridgehead atoms. The van der Waals surface area contributed by atoms with Crippen LogP contribution in [0.5, 0.6) is 17.2 Å². The standard InChI is InChI=1S/C21H17O4P/c1-13(2)14-8-10-16(11-9-14)19-17(15-6-4-3-5-7-15)12-18-20-21(19)25-26(22,23-18)24-20/h3-13H,1-2H3. The minimum absolute atomic E-state index is 0.441. The lowest BCUT2D eigenvalue weighted by molar-refractivity contribution is 0.354. The Morgan fingerprint density at radius 2 is 1.50 bits per heavy atom. The van der Waals surface area contributed by atoms with E-state index in [4.69, 9.17) is 13.6 Å². The lowest BCUT2D eigenvalue weighted by Crippen LogP contribution is -2.00. The van der Waals surface area contributed by atoms with Crippen LogP contribution in [0, 0.1) is 0 Å². The van der Waals surface area contributed by atoms with E-state index >= 15 is 0 Å². The third-order valence-corrected chi connectivity index (χ3v) is 6.00. The smallest absolute Gasteiger partial charge is 0.382 e. The zero-order chi connectivity index (χ0) is 17.9. The predicted molar refractivity (Wildman–Crippen MR) is 101 cm³/mol. The molecule has 0 fully saturated rings. The Bertz CT molecular complexity index is 1060. The Balaban J connectivity index is 1.76. The van der Waals surface area contributed by atoms with Gasteiger partial charge in [0.2, 0.25) is 5.75 Å². The summed E-state index contributed by atoms with van der Waals surface area (Å²) in [4.78, 5) is 0. The third-order valence-electron chi connectivity index (χ3n) is 4.77. The summed E-state index contributed by atoms with van der Waals surface area (Å²) in [5.74, 6) is 1.89. The molecule has 0 aromatic heterocycles. The molecule has 130 valence electrons. The lowest BCUT2D eigenvalue weighted by Gasteiger charge is -2.18. The molecule has 1 atom stereocenters. The Labute approximate surface area is 152 Å². The summed E-state index contributed by atoms with van der Waals surface area (Å²) in [6.45, 7) is 4.33. The van der Waals surface area contributed by atoms with Gasteiger partial charge < -0.3 is 13.6 Å². The molecule has 4 nitrogen and oxygen atoms in total. The van der Waals surface area contributed by atoms with Gasteiger partial charge in [0.05, 0.1) is 0 Å². The molecule has 5 rings (SSSR count). The number of rotatable bonds is 3. The molecule has 0 saturated heterocycles. The molecule has 0 spiro atoms. The fourth-order valence-electron chi connectivity index (χ4n) is 3.42. The van der Waals surface area contributed by atoms with Crippen LogP contribution in [0.4, 0.5) is 0 Å². The Morgan fingerprint density at radius 1 is 0.808 bits per heavy atom. The normalized spacial score (nSPS) is 19.2. The van der Waals surface area contributed by atoms with E-state index in [9.17, 15) is 4.57 Å².